The summed E-state index contributed by atoms with van der Waals surface area (Å²) in [7, 11) is 0. The van der Waals surface area contributed by atoms with E-state index in [4.69, 9.17) is 5.26 Å². The first-order chi connectivity index (χ1) is 12.1. The maximum Gasteiger partial charge on any atom is 0.279 e. The third kappa shape index (κ3) is 3.33. The molecule has 3 rings (SSSR count). The van der Waals surface area contributed by atoms with Crippen LogP contribution in [0.25, 0.3) is 5.82 Å². The molecule has 0 unspecified atom stereocenters. The normalized spacial score (nSPS) is 10.2. The van der Waals surface area contributed by atoms with Gasteiger partial charge in [-0.05, 0) is 18.6 Å². The van der Waals surface area contributed by atoms with Crippen LogP contribution < -0.4 is 10.9 Å². The SMILES string of the molecule is CC(=O)c1cc(NCc2ccccc2)c(=O)n(-c2[nH]ncc2C#N)c1. The summed E-state index contributed by atoms with van der Waals surface area (Å²) in [5.74, 6) is 0.0490. The van der Waals surface area contributed by atoms with Crippen LogP contribution in [0.5, 0.6) is 0 Å². The van der Waals surface area contributed by atoms with Crippen LogP contribution in [0.4, 0.5) is 5.69 Å². The smallest absolute Gasteiger partial charge is 0.279 e. The Labute approximate surface area is 143 Å². The molecular formula is C18H15N5O2. The van der Waals surface area contributed by atoms with Gasteiger partial charge in [0, 0.05) is 18.3 Å². The molecule has 2 aromatic heterocycles. The molecule has 0 saturated carbocycles. The number of hydrogen-bond acceptors (Lipinski definition) is 5. The van der Waals surface area contributed by atoms with Gasteiger partial charge in [-0.3, -0.25) is 19.3 Å². The second kappa shape index (κ2) is 6.84. The summed E-state index contributed by atoms with van der Waals surface area (Å²) < 4.78 is 1.23. The molecule has 0 spiro atoms. The Balaban J connectivity index is 2.05. The molecule has 0 saturated heterocycles. The van der Waals surface area contributed by atoms with Gasteiger partial charge in [0.15, 0.2) is 11.6 Å². The van der Waals surface area contributed by atoms with Gasteiger partial charge in [-0.15, -0.1) is 0 Å². The number of Topliss-reactive ketones (excluding diaryl/α,β-unsaturated/α-hetero) is 1. The van der Waals surface area contributed by atoms with Crippen molar-refractivity contribution in [2.24, 2.45) is 0 Å². The van der Waals surface area contributed by atoms with Crippen molar-refractivity contribution in [2.45, 2.75) is 13.5 Å². The molecule has 25 heavy (non-hydrogen) atoms. The van der Waals surface area contributed by atoms with E-state index in [1.165, 1.54) is 30.0 Å². The minimum Gasteiger partial charge on any atom is -0.376 e. The molecule has 0 amide bonds. The second-order valence-electron chi connectivity index (χ2n) is 5.46. The quantitative estimate of drug-likeness (QED) is 0.697. The first-order valence-corrected chi connectivity index (χ1v) is 7.59. The summed E-state index contributed by atoms with van der Waals surface area (Å²) in [6.07, 6.45) is 2.74. The van der Waals surface area contributed by atoms with Gasteiger partial charge in [-0.1, -0.05) is 30.3 Å². The molecule has 0 atom stereocenters. The molecule has 0 fully saturated rings. The van der Waals surface area contributed by atoms with Crippen molar-refractivity contribution in [1.29, 1.82) is 5.26 Å². The van der Waals surface area contributed by atoms with E-state index in [0.29, 0.717) is 12.1 Å². The molecule has 0 bridgehead atoms. The molecule has 7 nitrogen and oxygen atoms in total. The zero-order chi connectivity index (χ0) is 17.8. The van der Waals surface area contributed by atoms with Crippen LogP contribution in [0.2, 0.25) is 0 Å². The van der Waals surface area contributed by atoms with Crippen molar-refractivity contribution >= 4 is 11.5 Å². The number of H-pyrrole nitrogens is 1. The van der Waals surface area contributed by atoms with Gasteiger partial charge in [0.05, 0.1) is 6.20 Å². The van der Waals surface area contributed by atoms with Crippen LogP contribution >= 0.6 is 0 Å². The zero-order valence-electron chi connectivity index (χ0n) is 13.5. The fourth-order valence-electron chi connectivity index (χ4n) is 2.41. The number of hydrogen-bond donors (Lipinski definition) is 2. The number of nitrogens with one attached hydrogen (secondary N) is 2. The van der Waals surface area contributed by atoms with E-state index in [1.54, 1.807) is 0 Å². The van der Waals surface area contributed by atoms with E-state index in [1.807, 2.05) is 36.4 Å². The molecule has 124 valence electrons. The lowest BCUT2D eigenvalue weighted by molar-refractivity contribution is 0.101. The zero-order valence-corrected chi connectivity index (χ0v) is 13.5. The van der Waals surface area contributed by atoms with Crippen molar-refractivity contribution in [1.82, 2.24) is 14.8 Å². The third-order valence-corrected chi connectivity index (χ3v) is 3.73. The molecule has 0 aliphatic carbocycles. The Kier molecular flexibility index (Phi) is 4.44. The highest BCUT2D eigenvalue weighted by molar-refractivity contribution is 5.94. The third-order valence-electron chi connectivity index (χ3n) is 3.73. The van der Waals surface area contributed by atoms with Crippen molar-refractivity contribution in [3.8, 4) is 11.9 Å². The average molecular weight is 333 g/mol. The van der Waals surface area contributed by atoms with Crippen molar-refractivity contribution in [3.63, 3.8) is 0 Å². The summed E-state index contributed by atoms with van der Waals surface area (Å²) in [6.45, 7) is 1.86. The maximum absolute atomic E-state index is 12.8. The van der Waals surface area contributed by atoms with Crippen LogP contribution in [0.15, 0.2) is 53.6 Å². The summed E-state index contributed by atoms with van der Waals surface area (Å²) >= 11 is 0. The Morgan fingerprint density at radius 1 is 1.36 bits per heavy atom. The fourth-order valence-corrected chi connectivity index (χ4v) is 2.41. The number of nitrogens with zero attached hydrogens (tertiary/aromatic N) is 3. The number of anilines is 1. The molecule has 1 aromatic carbocycles. The van der Waals surface area contributed by atoms with E-state index >= 15 is 0 Å². The van der Waals surface area contributed by atoms with E-state index < -0.39 is 0 Å². The maximum atomic E-state index is 12.8. The number of pyridine rings is 1. The number of nitriles is 1. The summed E-state index contributed by atoms with van der Waals surface area (Å²) in [6, 6.07) is 13.1. The highest BCUT2D eigenvalue weighted by atomic mass is 16.1. The van der Waals surface area contributed by atoms with E-state index in [9.17, 15) is 9.59 Å². The molecule has 2 N–H and O–H groups in total. The predicted octanol–water partition coefficient (Wildman–Crippen LogP) is 2.25. The number of aromatic nitrogens is 3. The lowest BCUT2D eigenvalue weighted by atomic mass is 10.1. The number of benzene rings is 1. The van der Waals surface area contributed by atoms with Crippen molar-refractivity contribution in [2.75, 3.05) is 5.32 Å². The van der Waals surface area contributed by atoms with Gasteiger partial charge in [0.2, 0.25) is 0 Å². The molecule has 0 aliphatic heterocycles. The predicted molar refractivity (Wildman–Crippen MR) is 92.7 cm³/mol. The van der Waals surface area contributed by atoms with Crippen LogP contribution in [0.3, 0.4) is 0 Å². The minimum absolute atomic E-state index is 0.186. The Bertz CT molecular complexity index is 1010. The lowest BCUT2D eigenvalue weighted by Gasteiger charge is -2.11. The highest BCUT2D eigenvalue weighted by Crippen LogP contribution is 2.13. The molecule has 3 aromatic rings. The number of rotatable bonds is 5. The Hall–Kier alpha value is -3.66. The molecule has 7 heteroatoms. The van der Waals surface area contributed by atoms with Crippen LogP contribution in [-0.4, -0.2) is 20.5 Å². The van der Waals surface area contributed by atoms with Crippen molar-refractivity contribution in [3.05, 3.63) is 75.8 Å². The molecule has 0 aliphatic rings. The monoisotopic (exact) mass is 333 g/mol. The van der Waals surface area contributed by atoms with E-state index in [-0.39, 0.29) is 28.4 Å². The van der Waals surface area contributed by atoms with Gasteiger partial charge in [-0.2, -0.15) is 10.4 Å². The van der Waals surface area contributed by atoms with Gasteiger partial charge < -0.3 is 5.32 Å². The van der Waals surface area contributed by atoms with Gasteiger partial charge in [0.25, 0.3) is 5.56 Å². The van der Waals surface area contributed by atoms with Crippen molar-refractivity contribution < 1.29 is 4.79 Å². The fraction of sp³-hybridized carbons (Fsp3) is 0.111. The summed E-state index contributed by atoms with van der Waals surface area (Å²) in [4.78, 5) is 24.6. The Morgan fingerprint density at radius 3 is 2.80 bits per heavy atom. The standard InChI is InChI=1S/C18H15N5O2/c1-12(24)14-7-16(20-9-13-5-3-2-4-6-13)18(25)23(11-14)17-15(8-19)10-21-22-17/h2-7,10-11,20H,9H2,1H3,(H,21,22). The Morgan fingerprint density at radius 2 is 2.12 bits per heavy atom. The first-order valence-electron chi connectivity index (χ1n) is 7.59. The average Bonchev–Trinajstić information content (AvgIpc) is 3.10. The summed E-state index contributed by atoms with van der Waals surface area (Å²) in [5.41, 5.74) is 1.48. The first kappa shape index (κ1) is 16.2. The number of carbonyl (C=O) groups excluding carboxylic acids is 1. The molecule has 0 radical (unpaired) electrons. The van der Waals surface area contributed by atoms with Gasteiger partial charge in [-0.25, -0.2) is 0 Å². The van der Waals surface area contributed by atoms with Crippen LogP contribution in [0.1, 0.15) is 28.4 Å². The molecular weight excluding hydrogens is 318 g/mol. The summed E-state index contributed by atoms with van der Waals surface area (Å²) in [5, 5.41) is 18.6. The number of aromatic amines is 1. The van der Waals surface area contributed by atoms with Gasteiger partial charge in [0.1, 0.15) is 17.3 Å². The largest absolute Gasteiger partial charge is 0.376 e. The number of carbonyl (C=O) groups is 1. The van der Waals surface area contributed by atoms with Gasteiger partial charge >= 0.3 is 0 Å². The van der Waals surface area contributed by atoms with E-state index in [0.717, 1.165) is 5.56 Å². The highest BCUT2D eigenvalue weighted by Gasteiger charge is 2.14. The number of ketones is 1. The minimum atomic E-state index is -0.373. The van der Waals surface area contributed by atoms with Crippen LogP contribution in [-0.2, 0) is 6.54 Å². The van der Waals surface area contributed by atoms with E-state index in [2.05, 4.69) is 15.5 Å². The lowest BCUT2D eigenvalue weighted by Crippen LogP contribution is -2.24. The topological polar surface area (TPSA) is 104 Å². The molecule has 2 heterocycles. The van der Waals surface area contributed by atoms with Crippen LogP contribution in [0, 0.1) is 11.3 Å². The second-order valence-corrected chi connectivity index (χ2v) is 5.46.